The molecular formula is C18H19BrFN7O. The van der Waals surface area contributed by atoms with E-state index >= 15 is 0 Å². The van der Waals surface area contributed by atoms with E-state index in [4.69, 9.17) is 11.6 Å². The van der Waals surface area contributed by atoms with Crippen LogP contribution in [0.1, 0.15) is 28.4 Å². The standard InChI is InChI=1S/C18H19BrFN7O/c1-3-27(22)25-17(21)12-8-15(10(2)6-14(12)20)24-18(28)13-9-23-26-5-4-11(19)7-16(13)26/h4-9H,3,22H2,1-2H3,(H2,21,25)(H,24,28). The maximum absolute atomic E-state index is 14.3. The van der Waals surface area contributed by atoms with Gasteiger partial charge in [-0.3, -0.25) is 4.79 Å². The Labute approximate surface area is 169 Å². The fourth-order valence-corrected chi connectivity index (χ4v) is 2.92. The summed E-state index contributed by atoms with van der Waals surface area (Å²) < 4.78 is 16.8. The van der Waals surface area contributed by atoms with Crippen LogP contribution in [0.2, 0.25) is 0 Å². The van der Waals surface area contributed by atoms with Gasteiger partial charge in [-0.2, -0.15) is 5.10 Å². The summed E-state index contributed by atoms with van der Waals surface area (Å²) in [6, 6.07) is 6.33. The molecule has 0 unspecified atom stereocenters. The lowest BCUT2D eigenvalue weighted by molar-refractivity contribution is 0.102. The van der Waals surface area contributed by atoms with Crippen LogP contribution in [0.5, 0.6) is 0 Å². The molecule has 0 aliphatic heterocycles. The first-order valence-electron chi connectivity index (χ1n) is 8.41. The third-order valence-corrected chi connectivity index (χ3v) is 4.62. The van der Waals surface area contributed by atoms with Gasteiger partial charge in [0.2, 0.25) is 0 Å². The number of nitrogens with zero attached hydrogens (tertiary/aromatic N) is 4. The zero-order chi connectivity index (χ0) is 20.4. The van der Waals surface area contributed by atoms with Crippen LogP contribution in [0.15, 0.2) is 46.2 Å². The number of aromatic nitrogens is 2. The minimum Gasteiger partial charge on any atom is -0.382 e. The topological polar surface area (TPSA) is 114 Å². The molecule has 0 radical (unpaired) electrons. The van der Waals surface area contributed by atoms with Crippen LogP contribution >= 0.6 is 15.9 Å². The molecule has 0 saturated carbocycles. The highest BCUT2D eigenvalue weighted by Crippen LogP contribution is 2.23. The van der Waals surface area contributed by atoms with Gasteiger partial charge in [0, 0.05) is 16.4 Å². The predicted molar refractivity (Wildman–Crippen MR) is 109 cm³/mol. The third-order valence-electron chi connectivity index (χ3n) is 4.13. The average molecular weight is 448 g/mol. The van der Waals surface area contributed by atoms with E-state index in [1.54, 1.807) is 30.6 Å². The molecule has 0 bridgehead atoms. The van der Waals surface area contributed by atoms with E-state index in [2.05, 4.69) is 31.4 Å². The molecule has 0 atom stereocenters. The summed E-state index contributed by atoms with van der Waals surface area (Å²) in [4.78, 5) is 12.8. The quantitative estimate of drug-likeness (QED) is 0.240. The number of pyridine rings is 1. The van der Waals surface area contributed by atoms with Crippen molar-refractivity contribution in [3.05, 3.63) is 63.6 Å². The molecule has 3 aromatic rings. The van der Waals surface area contributed by atoms with Gasteiger partial charge in [0.05, 0.1) is 29.4 Å². The van der Waals surface area contributed by atoms with Crippen LogP contribution in [-0.4, -0.2) is 33.0 Å². The van der Waals surface area contributed by atoms with Gasteiger partial charge < -0.3 is 11.1 Å². The summed E-state index contributed by atoms with van der Waals surface area (Å²) in [7, 11) is 0. The Morgan fingerprint density at radius 2 is 2.14 bits per heavy atom. The largest absolute Gasteiger partial charge is 0.382 e. The molecule has 146 valence electrons. The van der Waals surface area contributed by atoms with E-state index in [0.717, 1.165) is 9.59 Å². The number of hydrazone groups is 1. The van der Waals surface area contributed by atoms with Gasteiger partial charge in [0.1, 0.15) is 5.82 Å². The van der Waals surface area contributed by atoms with Crippen molar-refractivity contribution in [3.8, 4) is 0 Å². The fourth-order valence-electron chi connectivity index (χ4n) is 2.59. The van der Waals surface area contributed by atoms with E-state index in [1.807, 2.05) is 6.07 Å². The Balaban J connectivity index is 1.95. The molecule has 28 heavy (non-hydrogen) atoms. The number of nitrogens with two attached hydrogens (primary N) is 2. The highest BCUT2D eigenvalue weighted by Gasteiger charge is 2.17. The second kappa shape index (κ2) is 7.95. The summed E-state index contributed by atoms with van der Waals surface area (Å²) in [6.45, 7) is 3.87. The fraction of sp³-hybridized carbons (Fsp3) is 0.167. The van der Waals surface area contributed by atoms with Crippen molar-refractivity contribution < 1.29 is 9.18 Å². The van der Waals surface area contributed by atoms with Crippen molar-refractivity contribution in [1.29, 1.82) is 0 Å². The minimum absolute atomic E-state index is 0.0485. The normalized spacial score (nSPS) is 11.7. The van der Waals surface area contributed by atoms with Crippen molar-refractivity contribution in [2.75, 3.05) is 11.9 Å². The number of carbonyl (C=O) groups is 1. The summed E-state index contributed by atoms with van der Waals surface area (Å²) in [5.74, 6) is 4.58. The van der Waals surface area contributed by atoms with Crippen LogP contribution in [0.3, 0.4) is 0 Å². The molecular weight excluding hydrogens is 429 g/mol. The van der Waals surface area contributed by atoms with Crippen LogP contribution in [-0.2, 0) is 0 Å². The Morgan fingerprint density at radius 1 is 1.39 bits per heavy atom. The van der Waals surface area contributed by atoms with E-state index in [1.165, 1.54) is 18.3 Å². The second-order valence-electron chi connectivity index (χ2n) is 6.08. The number of hydrazine groups is 1. The van der Waals surface area contributed by atoms with Crippen LogP contribution in [0.4, 0.5) is 10.1 Å². The predicted octanol–water partition coefficient (Wildman–Crippen LogP) is 2.61. The first kappa shape index (κ1) is 19.8. The van der Waals surface area contributed by atoms with Gasteiger partial charge >= 0.3 is 0 Å². The Kier molecular flexibility index (Phi) is 5.61. The smallest absolute Gasteiger partial charge is 0.259 e. The number of aryl methyl sites for hydroxylation is 1. The zero-order valence-electron chi connectivity index (χ0n) is 15.3. The molecule has 0 spiro atoms. The van der Waals surface area contributed by atoms with Crippen LogP contribution in [0, 0.1) is 12.7 Å². The SMILES string of the molecule is CCN(N)/N=C(\N)c1cc(NC(=O)c2cnn3ccc(Br)cc23)c(C)cc1F. The maximum Gasteiger partial charge on any atom is 0.259 e. The Hall–Kier alpha value is -2.98. The minimum atomic E-state index is -0.554. The molecule has 8 nitrogen and oxygen atoms in total. The number of hydrogen-bond donors (Lipinski definition) is 3. The summed E-state index contributed by atoms with van der Waals surface area (Å²) in [5.41, 5.74) is 7.88. The number of nitrogens with one attached hydrogen (secondary N) is 1. The number of hydrogen-bond acceptors (Lipinski definition) is 5. The van der Waals surface area contributed by atoms with Gasteiger partial charge in [-0.25, -0.2) is 19.9 Å². The van der Waals surface area contributed by atoms with Crippen molar-refractivity contribution >= 4 is 38.9 Å². The number of amides is 1. The highest BCUT2D eigenvalue weighted by atomic mass is 79.9. The molecule has 0 fully saturated rings. The number of amidine groups is 1. The number of fused-ring (bicyclic) bond motifs is 1. The lowest BCUT2D eigenvalue weighted by atomic mass is 10.1. The Bertz CT molecular complexity index is 1080. The van der Waals surface area contributed by atoms with Crippen molar-refractivity contribution in [1.82, 2.24) is 14.7 Å². The molecule has 2 aromatic heterocycles. The lowest BCUT2D eigenvalue weighted by Gasteiger charge is -2.14. The van der Waals surface area contributed by atoms with Crippen LogP contribution in [0.25, 0.3) is 5.52 Å². The van der Waals surface area contributed by atoms with E-state index in [-0.39, 0.29) is 17.3 Å². The summed E-state index contributed by atoms with van der Waals surface area (Å²) in [5, 5.41) is 12.0. The number of anilines is 1. The number of halogens is 2. The Morgan fingerprint density at radius 3 is 2.86 bits per heavy atom. The molecule has 5 N–H and O–H groups in total. The third kappa shape index (κ3) is 3.97. The van der Waals surface area contributed by atoms with E-state index in [9.17, 15) is 9.18 Å². The molecule has 3 rings (SSSR count). The summed E-state index contributed by atoms with van der Waals surface area (Å²) in [6.07, 6.45) is 3.21. The molecule has 1 aromatic carbocycles. The van der Waals surface area contributed by atoms with Gasteiger partial charge in [-0.15, -0.1) is 5.10 Å². The summed E-state index contributed by atoms with van der Waals surface area (Å²) >= 11 is 3.38. The van der Waals surface area contributed by atoms with Crippen molar-refractivity contribution in [3.63, 3.8) is 0 Å². The highest BCUT2D eigenvalue weighted by molar-refractivity contribution is 9.10. The average Bonchev–Trinajstić information content (AvgIpc) is 3.06. The molecule has 0 aliphatic carbocycles. The van der Waals surface area contributed by atoms with Crippen molar-refractivity contribution in [2.45, 2.75) is 13.8 Å². The monoisotopic (exact) mass is 447 g/mol. The van der Waals surface area contributed by atoms with E-state index in [0.29, 0.717) is 28.9 Å². The molecule has 0 saturated heterocycles. The van der Waals surface area contributed by atoms with Gasteiger partial charge in [-0.1, -0.05) is 15.9 Å². The van der Waals surface area contributed by atoms with Gasteiger partial charge in [-0.05, 0) is 43.7 Å². The van der Waals surface area contributed by atoms with Gasteiger partial charge in [0.15, 0.2) is 5.84 Å². The maximum atomic E-state index is 14.3. The number of benzene rings is 1. The first-order valence-corrected chi connectivity index (χ1v) is 9.20. The van der Waals surface area contributed by atoms with Crippen LogP contribution < -0.4 is 16.9 Å². The molecule has 2 heterocycles. The molecule has 10 heteroatoms. The number of carbonyl (C=O) groups excluding carboxylic acids is 1. The van der Waals surface area contributed by atoms with Crippen molar-refractivity contribution in [2.24, 2.45) is 16.7 Å². The van der Waals surface area contributed by atoms with Gasteiger partial charge in [0.25, 0.3) is 5.91 Å². The lowest BCUT2D eigenvalue weighted by Crippen LogP contribution is -2.29. The second-order valence-corrected chi connectivity index (χ2v) is 6.99. The first-order chi connectivity index (χ1) is 13.3. The molecule has 0 aliphatic rings. The molecule has 1 amide bonds. The number of rotatable bonds is 5. The zero-order valence-corrected chi connectivity index (χ0v) is 16.9. The van der Waals surface area contributed by atoms with E-state index < -0.39 is 5.82 Å².